The van der Waals surface area contributed by atoms with Gasteiger partial charge in [0.15, 0.2) is 6.61 Å². The predicted molar refractivity (Wildman–Crippen MR) is 95.5 cm³/mol. The Morgan fingerprint density at radius 1 is 1.08 bits per heavy atom. The van der Waals surface area contributed by atoms with Crippen molar-refractivity contribution in [2.75, 3.05) is 19.7 Å². The number of ether oxygens (including phenoxy) is 1. The Labute approximate surface area is 151 Å². The highest BCUT2D eigenvalue weighted by molar-refractivity contribution is 7.89. The molecule has 0 bridgehead atoms. The number of benzene rings is 1. The van der Waals surface area contributed by atoms with E-state index in [1.165, 1.54) is 39.9 Å². The molecule has 134 valence electrons. The van der Waals surface area contributed by atoms with E-state index in [9.17, 15) is 18.0 Å². The SMILES string of the molecule is CCN(CC)S(=O)(=O)c1ccc(C(=O)OCC(=O)c2cccs2)cc1. The first-order valence-corrected chi connectivity index (χ1v) is 10.1. The van der Waals surface area contributed by atoms with Gasteiger partial charge in [-0.15, -0.1) is 11.3 Å². The van der Waals surface area contributed by atoms with Crippen molar-refractivity contribution >= 4 is 33.1 Å². The average molecular weight is 381 g/mol. The molecule has 1 aromatic carbocycles. The summed E-state index contributed by atoms with van der Waals surface area (Å²) in [5.41, 5.74) is 0.192. The van der Waals surface area contributed by atoms with E-state index in [2.05, 4.69) is 0 Å². The van der Waals surface area contributed by atoms with Crippen LogP contribution in [-0.2, 0) is 14.8 Å². The van der Waals surface area contributed by atoms with Crippen LogP contribution < -0.4 is 0 Å². The van der Waals surface area contributed by atoms with Gasteiger partial charge in [-0.3, -0.25) is 4.79 Å². The van der Waals surface area contributed by atoms with E-state index >= 15 is 0 Å². The summed E-state index contributed by atoms with van der Waals surface area (Å²) >= 11 is 1.28. The molecule has 2 aromatic rings. The van der Waals surface area contributed by atoms with Gasteiger partial charge in [0.25, 0.3) is 0 Å². The van der Waals surface area contributed by atoms with Gasteiger partial charge >= 0.3 is 5.97 Å². The molecule has 2 rings (SSSR count). The smallest absolute Gasteiger partial charge is 0.338 e. The number of sulfonamides is 1. The van der Waals surface area contributed by atoms with E-state index in [1.54, 1.807) is 31.4 Å². The van der Waals surface area contributed by atoms with Crippen LogP contribution in [-0.4, -0.2) is 44.2 Å². The molecule has 0 aliphatic carbocycles. The second-order valence-electron chi connectivity index (χ2n) is 5.09. The monoisotopic (exact) mass is 381 g/mol. The van der Waals surface area contributed by atoms with Gasteiger partial charge in [0.05, 0.1) is 15.3 Å². The summed E-state index contributed by atoms with van der Waals surface area (Å²) in [4.78, 5) is 24.4. The second kappa shape index (κ2) is 8.37. The van der Waals surface area contributed by atoms with Crippen LogP contribution in [0.15, 0.2) is 46.7 Å². The molecule has 0 atom stereocenters. The maximum atomic E-state index is 12.4. The minimum atomic E-state index is -3.57. The topological polar surface area (TPSA) is 80.8 Å². The molecule has 0 saturated carbocycles. The number of nitrogens with zero attached hydrogens (tertiary/aromatic N) is 1. The van der Waals surface area contributed by atoms with Gasteiger partial charge in [0, 0.05) is 13.1 Å². The highest BCUT2D eigenvalue weighted by Crippen LogP contribution is 2.17. The fourth-order valence-electron chi connectivity index (χ4n) is 2.20. The molecule has 0 aliphatic rings. The standard InChI is InChI=1S/C17H19NO5S2/c1-3-18(4-2)25(21,22)14-9-7-13(8-10-14)17(20)23-12-15(19)16-6-5-11-24-16/h5-11H,3-4,12H2,1-2H3. The van der Waals surface area contributed by atoms with Crippen LogP contribution >= 0.6 is 11.3 Å². The number of hydrogen-bond acceptors (Lipinski definition) is 6. The van der Waals surface area contributed by atoms with Crippen LogP contribution in [0.4, 0.5) is 0 Å². The Kier molecular flexibility index (Phi) is 6.46. The minimum Gasteiger partial charge on any atom is -0.454 e. The number of thiophene rings is 1. The molecule has 0 N–H and O–H groups in total. The fraction of sp³-hybridized carbons (Fsp3) is 0.294. The third-order valence-corrected chi connectivity index (χ3v) is 6.54. The van der Waals surface area contributed by atoms with Gasteiger partial charge < -0.3 is 4.74 Å². The first-order chi connectivity index (χ1) is 11.9. The van der Waals surface area contributed by atoms with E-state index in [0.717, 1.165) is 0 Å². The molecule has 0 unspecified atom stereocenters. The first kappa shape index (κ1) is 19.3. The predicted octanol–water partition coefficient (Wildman–Crippen LogP) is 2.82. The number of carbonyl (C=O) groups is 2. The molecule has 6 nitrogen and oxygen atoms in total. The molecule has 1 aromatic heterocycles. The molecule has 0 radical (unpaired) electrons. The van der Waals surface area contributed by atoms with E-state index in [-0.39, 0.29) is 22.8 Å². The zero-order valence-corrected chi connectivity index (χ0v) is 15.6. The lowest BCUT2D eigenvalue weighted by Gasteiger charge is -2.18. The van der Waals surface area contributed by atoms with Crippen molar-refractivity contribution in [2.24, 2.45) is 0 Å². The van der Waals surface area contributed by atoms with Crippen molar-refractivity contribution < 1.29 is 22.7 Å². The molecule has 0 saturated heterocycles. The Morgan fingerprint density at radius 2 is 1.72 bits per heavy atom. The summed E-state index contributed by atoms with van der Waals surface area (Å²) in [5.74, 6) is -0.944. The van der Waals surface area contributed by atoms with E-state index in [0.29, 0.717) is 18.0 Å². The van der Waals surface area contributed by atoms with Crippen LogP contribution in [0, 0.1) is 0 Å². The molecule has 0 amide bonds. The average Bonchev–Trinajstić information content (AvgIpc) is 3.15. The van der Waals surface area contributed by atoms with Crippen molar-refractivity contribution in [2.45, 2.75) is 18.7 Å². The van der Waals surface area contributed by atoms with E-state index in [1.807, 2.05) is 0 Å². The van der Waals surface area contributed by atoms with Crippen LogP contribution in [0.3, 0.4) is 0 Å². The summed E-state index contributed by atoms with van der Waals surface area (Å²) in [5, 5.41) is 1.77. The lowest BCUT2D eigenvalue weighted by molar-refractivity contribution is 0.0475. The van der Waals surface area contributed by atoms with Gasteiger partial charge in [-0.1, -0.05) is 19.9 Å². The van der Waals surface area contributed by atoms with Gasteiger partial charge in [-0.2, -0.15) is 4.31 Å². The lowest BCUT2D eigenvalue weighted by atomic mass is 10.2. The highest BCUT2D eigenvalue weighted by atomic mass is 32.2. The number of carbonyl (C=O) groups excluding carboxylic acids is 2. The maximum Gasteiger partial charge on any atom is 0.338 e. The number of hydrogen-bond donors (Lipinski definition) is 0. The third-order valence-electron chi connectivity index (χ3n) is 3.56. The molecule has 25 heavy (non-hydrogen) atoms. The van der Waals surface area contributed by atoms with Gasteiger partial charge in [-0.25, -0.2) is 13.2 Å². The minimum absolute atomic E-state index is 0.113. The van der Waals surface area contributed by atoms with Crippen molar-refractivity contribution in [3.8, 4) is 0 Å². The second-order valence-corrected chi connectivity index (χ2v) is 7.98. The van der Waals surface area contributed by atoms with Gasteiger partial charge in [0.2, 0.25) is 15.8 Å². The number of rotatable bonds is 8. The van der Waals surface area contributed by atoms with Gasteiger partial charge in [-0.05, 0) is 35.7 Å². The van der Waals surface area contributed by atoms with E-state index < -0.39 is 16.0 Å². The number of Topliss-reactive ketones (excluding diaryl/α,β-unsaturated/α-hetero) is 1. The summed E-state index contributed by atoms with van der Waals surface area (Å²) < 4.78 is 31.1. The van der Waals surface area contributed by atoms with Crippen molar-refractivity contribution in [3.05, 3.63) is 52.2 Å². The maximum absolute atomic E-state index is 12.4. The molecular weight excluding hydrogens is 362 g/mol. The Bertz CT molecular complexity index is 822. The normalized spacial score (nSPS) is 11.5. The third kappa shape index (κ3) is 4.53. The van der Waals surface area contributed by atoms with Crippen molar-refractivity contribution in [1.29, 1.82) is 0 Å². The summed E-state index contributed by atoms with van der Waals surface area (Å²) in [7, 11) is -3.57. The van der Waals surface area contributed by atoms with Crippen LogP contribution in [0.1, 0.15) is 33.9 Å². The molecule has 1 heterocycles. The molecule has 0 spiro atoms. The number of esters is 1. The summed E-state index contributed by atoms with van der Waals surface area (Å²) in [6.07, 6.45) is 0. The summed E-state index contributed by atoms with van der Waals surface area (Å²) in [6, 6.07) is 8.90. The van der Waals surface area contributed by atoms with Crippen molar-refractivity contribution in [3.63, 3.8) is 0 Å². The molecular formula is C17H19NO5S2. The lowest BCUT2D eigenvalue weighted by Crippen LogP contribution is -2.30. The molecule has 8 heteroatoms. The molecule has 0 fully saturated rings. The summed E-state index contributed by atoms with van der Waals surface area (Å²) in [6.45, 7) is 3.91. The van der Waals surface area contributed by atoms with Crippen LogP contribution in [0.25, 0.3) is 0 Å². The van der Waals surface area contributed by atoms with Crippen molar-refractivity contribution in [1.82, 2.24) is 4.31 Å². The Hall–Kier alpha value is -2.03. The molecule has 0 aliphatic heterocycles. The Morgan fingerprint density at radius 3 is 2.24 bits per heavy atom. The first-order valence-electron chi connectivity index (χ1n) is 7.74. The quantitative estimate of drug-likeness (QED) is 0.519. The van der Waals surface area contributed by atoms with E-state index in [4.69, 9.17) is 4.74 Å². The number of ketones is 1. The zero-order chi connectivity index (χ0) is 18.4. The zero-order valence-electron chi connectivity index (χ0n) is 14.0. The van der Waals surface area contributed by atoms with Crippen LogP contribution in [0.2, 0.25) is 0 Å². The fourth-order valence-corrected chi connectivity index (χ4v) is 4.31. The van der Waals surface area contributed by atoms with Gasteiger partial charge in [0.1, 0.15) is 0 Å². The Balaban J connectivity index is 2.04. The largest absolute Gasteiger partial charge is 0.454 e. The van der Waals surface area contributed by atoms with Crippen LogP contribution in [0.5, 0.6) is 0 Å². The highest BCUT2D eigenvalue weighted by Gasteiger charge is 2.22.